The molecule has 1 aliphatic heterocycles. The third kappa shape index (κ3) is 1.73. The third-order valence-corrected chi connectivity index (χ3v) is 2.77. The summed E-state index contributed by atoms with van der Waals surface area (Å²) >= 11 is 3.32. The maximum atomic E-state index is 9.37. The van der Waals surface area contributed by atoms with Gasteiger partial charge in [0.05, 0.1) is 16.7 Å². The first kappa shape index (κ1) is 9.82. The monoisotopic (exact) mass is 259 g/mol. The largest absolute Gasteiger partial charge is 0.389 e. The number of rotatable bonds is 1. The average Bonchev–Trinajstić information content (AvgIpc) is 2.48. The van der Waals surface area contributed by atoms with Crippen LogP contribution >= 0.6 is 15.9 Å². The Kier molecular flexibility index (Phi) is 2.66. The molecule has 2 rings (SSSR count). The van der Waals surface area contributed by atoms with Crippen molar-refractivity contribution in [2.24, 2.45) is 0 Å². The molecule has 1 aromatic rings. The fraction of sp³-hybridized carbons (Fsp3) is 0.500. The van der Waals surface area contributed by atoms with Crippen LogP contribution in [0, 0.1) is 0 Å². The molecule has 0 radical (unpaired) electrons. The highest BCUT2D eigenvalue weighted by molar-refractivity contribution is 9.10. The second kappa shape index (κ2) is 3.80. The van der Waals surface area contributed by atoms with E-state index in [0.717, 1.165) is 4.47 Å². The normalized spacial score (nSPS) is 26.9. The summed E-state index contributed by atoms with van der Waals surface area (Å²) in [5.41, 5.74) is 0. The zero-order chi connectivity index (χ0) is 10.1. The van der Waals surface area contributed by atoms with Gasteiger partial charge in [0.15, 0.2) is 0 Å². The van der Waals surface area contributed by atoms with Crippen molar-refractivity contribution in [3.63, 3.8) is 0 Å². The van der Waals surface area contributed by atoms with E-state index in [1.54, 1.807) is 6.20 Å². The molecule has 0 aliphatic carbocycles. The lowest BCUT2D eigenvalue weighted by molar-refractivity contribution is 0.0572. The van der Waals surface area contributed by atoms with Crippen LogP contribution in [0.2, 0.25) is 0 Å². The van der Waals surface area contributed by atoms with Crippen LogP contribution in [0.5, 0.6) is 0 Å². The smallest absolute Gasteiger partial charge is 0.146 e. The van der Waals surface area contributed by atoms with E-state index in [1.807, 2.05) is 4.90 Å². The molecule has 0 spiro atoms. The molecule has 2 heterocycles. The molecule has 0 saturated carbocycles. The van der Waals surface area contributed by atoms with Crippen molar-refractivity contribution in [1.29, 1.82) is 0 Å². The lowest BCUT2D eigenvalue weighted by Crippen LogP contribution is -2.22. The van der Waals surface area contributed by atoms with Crippen molar-refractivity contribution < 1.29 is 10.2 Å². The lowest BCUT2D eigenvalue weighted by atomic mass is 10.3. The molecule has 2 unspecified atom stereocenters. The van der Waals surface area contributed by atoms with Crippen LogP contribution < -0.4 is 4.90 Å². The summed E-state index contributed by atoms with van der Waals surface area (Å²) in [6.45, 7) is 0.799. The molecule has 1 aromatic heterocycles. The predicted molar refractivity (Wildman–Crippen MR) is 54.0 cm³/mol. The van der Waals surface area contributed by atoms with Gasteiger partial charge in [0.1, 0.15) is 12.1 Å². The van der Waals surface area contributed by atoms with Gasteiger partial charge in [-0.2, -0.15) is 0 Å². The Hall–Kier alpha value is -0.720. The molecule has 1 aliphatic rings. The van der Waals surface area contributed by atoms with Gasteiger partial charge in [-0.15, -0.1) is 0 Å². The van der Waals surface area contributed by atoms with E-state index in [2.05, 4.69) is 25.9 Å². The average molecular weight is 260 g/mol. The Morgan fingerprint density at radius 2 is 2.00 bits per heavy atom. The van der Waals surface area contributed by atoms with E-state index in [0.29, 0.717) is 18.9 Å². The molecule has 76 valence electrons. The van der Waals surface area contributed by atoms with E-state index in [1.165, 1.54) is 6.33 Å². The molecule has 1 fully saturated rings. The van der Waals surface area contributed by atoms with Gasteiger partial charge in [-0.3, -0.25) is 0 Å². The Balaban J connectivity index is 2.21. The quantitative estimate of drug-likeness (QED) is 0.730. The van der Waals surface area contributed by atoms with Crippen molar-refractivity contribution in [3.05, 3.63) is 17.0 Å². The van der Waals surface area contributed by atoms with Gasteiger partial charge in [0.25, 0.3) is 0 Å². The summed E-state index contributed by atoms with van der Waals surface area (Å²) in [6.07, 6.45) is 1.69. The zero-order valence-electron chi connectivity index (χ0n) is 7.34. The molecular weight excluding hydrogens is 250 g/mol. The number of aliphatic hydroxyl groups is 2. The molecular formula is C8H10BrN3O2. The van der Waals surface area contributed by atoms with E-state index in [9.17, 15) is 10.2 Å². The summed E-state index contributed by atoms with van der Waals surface area (Å²) in [5.74, 6) is 0.704. The van der Waals surface area contributed by atoms with Gasteiger partial charge in [0.2, 0.25) is 0 Å². The number of aromatic nitrogens is 2. The fourth-order valence-corrected chi connectivity index (χ4v) is 1.95. The highest BCUT2D eigenvalue weighted by atomic mass is 79.9. The molecule has 6 heteroatoms. The zero-order valence-corrected chi connectivity index (χ0v) is 8.92. The van der Waals surface area contributed by atoms with Crippen molar-refractivity contribution in [3.8, 4) is 0 Å². The van der Waals surface area contributed by atoms with Crippen LogP contribution in [0.25, 0.3) is 0 Å². The van der Waals surface area contributed by atoms with E-state index in [-0.39, 0.29) is 0 Å². The number of β-amino-alcohol motifs (C(OH)–C–C–N with tert-alkyl or cyclic N) is 2. The van der Waals surface area contributed by atoms with Crippen LogP contribution in [0.15, 0.2) is 17.0 Å². The number of anilines is 1. The van der Waals surface area contributed by atoms with E-state index < -0.39 is 12.2 Å². The number of aliphatic hydroxyl groups excluding tert-OH is 2. The molecule has 5 nitrogen and oxygen atoms in total. The highest BCUT2D eigenvalue weighted by Crippen LogP contribution is 2.25. The van der Waals surface area contributed by atoms with Gasteiger partial charge < -0.3 is 15.1 Å². The molecule has 1 saturated heterocycles. The highest BCUT2D eigenvalue weighted by Gasteiger charge is 2.31. The summed E-state index contributed by atoms with van der Waals surface area (Å²) < 4.78 is 0.765. The predicted octanol–water partition coefficient (Wildman–Crippen LogP) is -0.219. The molecule has 14 heavy (non-hydrogen) atoms. The molecule has 2 N–H and O–H groups in total. The summed E-state index contributed by atoms with van der Waals surface area (Å²) in [4.78, 5) is 9.74. The van der Waals surface area contributed by atoms with Gasteiger partial charge in [-0.1, -0.05) is 0 Å². The second-order valence-corrected chi connectivity index (χ2v) is 4.09. The van der Waals surface area contributed by atoms with Crippen molar-refractivity contribution in [1.82, 2.24) is 9.97 Å². The van der Waals surface area contributed by atoms with Gasteiger partial charge >= 0.3 is 0 Å². The minimum absolute atomic E-state index is 0.400. The first-order valence-electron chi connectivity index (χ1n) is 4.25. The number of nitrogens with zero attached hydrogens (tertiary/aromatic N) is 3. The van der Waals surface area contributed by atoms with Crippen LogP contribution in [0.3, 0.4) is 0 Å². The summed E-state index contributed by atoms with van der Waals surface area (Å²) in [7, 11) is 0. The Bertz CT molecular complexity index is 326. The van der Waals surface area contributed by atoms with E-state index >= 15 is 0 Å². The maximum Gasteiger partial charge on any atom is 0.146 e. The molecule has 0 aromatic carbocycles. The number of hydrogen-bond acceptors (Lipinski definition) is 5. The molecule has 2 atom stereocenters. The van der Waals surface area contributed by atoms with Gasteiger partial charge in [-0.25, -0.2) is 9.97 Å². The van der Waals surface area contributed by atoms with Crippen molar-refractivity contribution in [2.75, 3.05) is 18.0 Å². The SMILES string of the molecule is OC1CN(c2ncncc2Br)CC1O. The number of halogens is 1. The standard InChI is InChI=1S/C8H10BrN3O2/c9-5-1-10-4-11-8(5)12-2-6(13)7(14)3-12/h1,4,6-7,13-14H,2-3H2. The van der Waals surface area contributed by atoms with Crippen LogP contribution in [0.4, 0.5) is 5.82 Å². The van der Waals surface area contributed by atoms with E-state index in [4.69, 9.17) is 0 Å². The first-order chi connectivity index (χ1) is 6.68. The van der Waals surface area contributed by atoms with Gasteiger partial charge in [-0.05, 0) is 15.9 Å². The van der Waals surface area contributed by atoms with Crippen molar-refractivity contribution in [2.45, 2.75) is 12.2 Å². The molecule has 0 bridgehead atoms. The second-order valence-electron chi connectivity index (χ2n) is 3.23. The Labute approximate surface area is 89.5 Å². The Morgan fingerprint density at radius 3 is 2.57 bits per heavy atom. The topological polar surface area (TPSA) is 69.5 Å². The van der Waals surface area contributed by atoms with Crippen LogP contribution in [-0.2, 0) is 0 Å². The minimum Gasteiger partial charge on any atom is -0.389 e. The Morgan fingerprint density at radius 1 is 1.36 bits per heavy atom. The maximum absolute atomic E-state index is 9.37. The first-order valence-corrected chi connectivity index (χ1v) is 5.04. The molecule has 0 amide bonds. The van der Waals surface area contributed by atoms with Crippen molar-refractivity contribution >= 4 is 21.7 Å². The van der Waals surface area contributed by atoms with Crippen LogP contribution in [-0.4, -0.2) is 45.5 Å². The minimum atomic E-state index is -0.697. The van der Waals surface area contributed by atoms with Crippen LogP contribution in [0.1, 0.15) is 0 Å². The summed E-state index contributed by atoms with van der Waals surface area (Å²) in [6, 6.07) is 0. The fourth-order valence-electron chi connectivity index (χ4n) is 1.48. The lowest BCUT2D eigenvalue weighted by Gasteiger charge is -2.16. The summed E-state index contributed by atoms with van der Waals surface area (Å²) in [5, 5.41) is 18.7. The van der Waals surface area contributed by atoms with Gasteiger partial charge in [0, 0.05) is 19.3 Å². The number of hydrogen-bond donors (Lipinski definition) is 2. The third-order valence-electron chi connectivity index (χ3n) is 2.21.